The van der Waals surface area contributed by atoms with Crippen molar-refractivity contribution in [2.24, 2.45) is 17.6 Å². The summed E-state index contributed by atoms with van der Waals surface area (Å²) in [5, 5.41) is 1.83. The van der Waals surface area contributed by atoms with Gasteiger partial charge in [-0.1, -0.05) is 26.2 Å². The number of hydrogen-bond acceptors (Lipinski definition) is 4. The molecule has 5 heteroatoms. The highest BCUT2D eigenvalue weighted by Gasteiger charge is 2.26. The molecule has 1 aromatic carbocycles. The number of anilines is 1. The summed E-state index contributed by atoms with van der Waals surface area (Å²) in [6.07, 6.45) is 4.21. The minimum atomic E-state index is -0.514. The minimum absolute atomic E-state index is 0.361. The Hall–Kier alpha value is -2.74. The van der Waals surface area contributed by atoms with Crippen molar-refractivity contribution in [3.05, 3.63) is 29.5 Å². The van der Waals surface area contributed by atoms with Crippen LogP contribution in [0.25, 0.3) is 10.8 Å². The number of nitrogens with two attached hydrogens (primary N) is 1. The number of ether oxygens (including phenoxy) is 1. The zero-order chi connectivity index (χ0) is 19.6. The van der Waals surface area contributed by atoms with Gasteiger partial charge in [0.2, 0.25) is 0 Å². The number of amides is 1. The number of nitrogens with zero attached hydrogens (tertiary/aromatic N) is 2. The van der Waals surface area contributed by atoms with Crippen molar-refractivity contribution in [3.63, 3.8) is 0 Å². The summed E-state index contributed by atoms with van der Waals surface area (Å²) in [5.41, 5.74) is 6.71. The molecule has 1 aliphatic heterocycles. The predicted octanol–water partition coefficient (Wildman–Crippen LogP) is 3.59. The van der Waals surface area contributed by atoms with Crippen LogP contribution in [0.5, 0.6) is 5.75 Å². The Morgan fingerprint density at radius 1 is 1.37 bits per heavy atom. The van der Waals surface area contributed by atoms with Crippen molar-refractivity contribution in [1.82, 2.24) is 4.98 Å². The van der Waals surface area contributed by atoms with Crippen molar-refractivity contribution < 1.29 is 9.53 Å². The van der Waals surface area contributed by atoms with Crippen LogP contribution in [-0.2, 0) is 0 Å². The quantitative estimate of drug-likeness (QED) is 0.841. The average molecular weight is 365 g/mol. The number of carbonyl (C=O) groups excluding carboxylic acids is 1. The number of benzene rings is 1. The third kappa shape index (κ3) is 3.71. The Bertz CT molecular complexity index is 927. The second-order valence-corrected chi connectivity index (χ2v) is 7.35. The Labute approximate surface area is 160 Å². The molecule has 5 nitrogen and oxygen atoms in total. The second kappa shape index (κ2) is 7.87. The molecular formula is C22H27N3O2. The molecule has 2 atom stereocenters. The third-order valence-electron chi connectivity index (χ3n) is 5.34. The van der Waals surface area contributed by atoms with Gasteiger partial charge in [-0.05, 0) is 37.3 Å². The van der Waals surface area contributed by atoms with Gasteiger partial charge >= 0.3 is 0 Å². The van der Waals surface area contributed by atoms with Crippen molar-refractivity contribution in [1.29, 1.82) is 0 Å². The minimum Gasteiger partial charge on any atom is -0.496 e. The summed E-state index contributed by atoms with van der Waals surface area (Å²) in [6.45, 7) is 8.28. The molecule has 0 spiro atoms. The summed E-state index contributed by atoms with van der Waals surface area (Å²) in [7, 11) is 1.55. The van der Waals surface area contributed by atoms with Crippen LogP contribution in [0.3, 0.4) is 0 Å². The molecule has 0 bridgehead atoms. The van der Waals surface area contributed by atoms with E-state index in [0.717, 1.165) is 41.7 Å². The molecule has 1 aromatic heterocycles. The molecule has 1 aliphatic rings. The van der Waals surface area contributed by atoms with Crippen LogP contribution in [0.1, 0.15) is 49.5 Å². The van der Waals surface area contributed by atoms with Gasteiger partial charge in [-0.3, -0.25) is 4.79 Å². The molecule has 27 heavy (non-hydrogen) atoms. The van der Waals surface area contributed by atoms with E-state index in [0.29, 0.717) is 23.1 Å². The molecule has 1 amide bonds. The van der Waals surface area contributed by atoms with E-state index < -0.39 is 5.91 Å². The first-order chi connectivity index (χ1) is 13.0. The maximum absolute atomic E-state index is 11.9. The summed E-state index contributed by atoms with van der Waals surface area (Å²) < 4.78 is 5.44. The molecule has 0 unspecified atom stereocenters. The number of aromatic nitrogens is 1. The van der Waals surface area contributed by atoms with E-state index in [4.69, 9.17) is 15.5 Å². The van der Waals surface area contributed by atoms with E-state index in [1.807, 2.05) is 6.07 Å². The Morgan fingerprint density at radius 2 is 2.15 bits per heavy atom. The Balaban J connectivity index is 2.22. The fourth-order valence-corrected chi connectivity index (χ4v) is 4.05. The molecule has 3 rings (SSSR count). The molecule has 0 aliphatic carbocycles. The van der Waals surface area contributed by atoms with Crippen molar-refractivity contribution in [2.45, 2.75) is 33.6 Å². The highest BCUT2D eigenvalue weighted by Crippen LogP contribution is 2.36. The first-order valence-electron chi connectivity index (χ1n) is 9.46. The maximum Gasteiger partial charge on any atom is 0.252 e. The predicted molar refractivity (Wildman–Crippen MR) is 109 cm³/mol. The van der Waals surface area contributed by atoms with Gasteiger partial charge in [-0.15, -0.1) is 5.92 Å². The summed E-state index contributed by atoms with van der Waals surface area (Å²) in [4.78, 5) is 19.0. The van der Waals surface area contributed by atoms with Gasteiger partial charge in [0.15, 0.2) is 0 Å². The van der Waals surface area contributed by atoms with Crippen molar-refractivity contribution >= 4 is 22.5 Å². The third-order valence-corrected chi connectivity index (χ3v) is 5.34. The van der Waals surface area contributed by atoms with Gasteiger partial charge in [-0.2, -0.15) is 0 Å². The lowest BCUT2D eigenvalue weighted by Crippen LogP contribution is -2.40. The fraction of sp³-hybridized carbons (Fsp3) is 0.455. The summed E-state index contributed by atoms with van der Waals surface area (Å²) in [6, 6.07) is 3.66. The standard InChI is InChI=1S/C22H27N3O2/c1-5-7-16-11-24-22(25-12-14(3)8-15(6-2)13-25)18-10-20(27-4)19(21(23)26)9-17(16)18/h9-11,14-15H,6,8,12-13H2,1-4H3,(H2,23,26)/t14-,15-/m0/s1. The van der Waals surface area contributed by atoms with Crippen LogP contribution in [-0.4, -0.2) is 31.1 Å². The van der Waals surface area contributed by atoms with Gasteiger partial charge < -0.3 is 15.4 Å². The van der Waals surface area contributed by atoms with Crippen LogP contribution in [0.2, 0.25) is 0 Å². The topological polar surface area (TPSA) is 68.5 Å². The zero-order valence-electron chi connectivity index (χ0n) is 16.5. The van der Waals surface area contributed by atoms with Crippen LogP contribution in [0, 0.1) is 23.7 Å². The number of carbonyl (C=O) groups is 1. The Kier molecular flexibility index (Phi) is 5.55. The van der Waals surface area contributed by atoms with Gasteiger partial charge in [0.25, 0.3) is 5.91 Å². The number of pyridine rings is 1. The molecule has 142 valence electrons. The highest BCUT2D eigenvalue weighted by atomic mass is 16.5. The molecule has 1 saturated heterocycles. The molecule has 1 fully saturated rings. The van der Waals surface area contributed by atoms with E-state index in [9.17, 15) is 4.79 Å². The van der Waals surface area contributed by atoms with E-state index in [1.165, 1.54) is 6.42 Å². The number of fused-ring (bicyclic) bond motifs is 1. The molecule has 2 aromatic rings. The fourth-order valence-electron chi connectivity index (χ4n) is 4.05. The van der Waals surface area contributed by atoms with E-state index in [-0.39, 0.29) is 0 Å². The van der Waals surface area contributed by atoms with Gasteiger partial charge in [0, 0.05) is 30.1 Å². The number of primary amides is 1. The van der Waals surface area contributed by atoms with E-state index in [2.05, 4.69) is 30.6 Å². The van der Waals surface area contributed by atoms with Crippen LogP contribution in [0.15, 0.2) is 18.3 Å². The van der Waals surface area contributed by atoms with Crippen LogP contribution in [0.4, 0.5) is 5.82 Å². The van der Waals surface area contributed by atoms with Gasteiger partial charge in [0.05, 0.1) is 18.2 Å². The zero-order valence-corrected chi connectivity index (χ0v) is 16.5. The average Bonchev–Trinajstić information content (AvgIpc) is 2.66. The van der Waals surface area contributed by atoms with Crippen molar-refractivity contribution in [2.75, 3.05) is 25.1 Å². The van der Waals surface area contributed by atoms with Crippen LogP contribution < -0.4 is 15.4 Å². The molecule has 2 heterocycles. The summed E-state index contributed by atoms with van der Waals surface area (Å²) in [5.74, 6) is 8.16. The molecule has 2 N–H and O–H groups in total. The lowest BCUT2D eigenvalue weighted by Gasteiger charge is -2.37. The monoisotopic (exact) mass is 365 g/mol. The van der Waals surface area contributed by atoms with Gasteiger partial charge in [0.1, 0.15) is 11.6 Å². The van der Waals surface area contributed by atoms with E-state index in [1.54, 1.807) is 26.3 Å². The highest BCUT2D eigenvalue weighted by molar-refractivity contribution is 6.05. The number of rotatable bonds is 4. The largest absolute Gasteiger partial charge is 0.496 e. The summed E-state index contributed by atoms with van der Waals surface area (Å²) >= 11 is 0. The smallest absolute Gasteiger partial charge is 0.252 e. The number of piperidine rings is 1. The lowest BCUT2D eigenvalue weighted by atomic mass is 9.88. The van der Waals surface area contributed by atoms with E-state index >= 15 is 0 Å². The van der Waals surface area contributed by atoms with Crippen molar-refractivity contribution in [3.8, 4) is 17.6 Å². The molecule has 0 saturated carbocycles. The first kappa shape index (κ1) is 19.0. The van der Waals surface area contributed by atoms with Crippen LogP contribution >= 0.6 is 0 Å². The first-order valence-corrected chi connectivity index (χ1v) is 9.46. The number of hydrogen-bond donors (Lipinski definition) is 1. The number of methoxy groups -OCH3 is 1. The maximum atomic E-state index is 11.9. The normalized spacial score (nSPS) is 19.5. The second-order valence-electron chi connectivity index (χ2n) is 7.35. The lowest BCUT2D eigenvalue weighted by molar-refractivity contribution is 0.0997. The molecule has 0 radical (unpaired) electrons. The Morgan fingerprint density at radius 3 is 2.78 bits per heavy atom. The SMILES string of the molecule is CC#Cc1cnc(N2C[C@@H](C)C[C@H](CC)C2)c2cc(OC)c(C(N)=O)cc12. The van der Waals surface area contributed by atoms with Gasteiger partial charge in [-0.25, -0.2) is 4.98 Å². The molecular weight excluding hydrogens is 338 g/mol.